The molecule has 0 aromatic heterocycles. The van der Waals surface area contributed by atoms with Gasteiger partial charge in [0.25, 0.3) is 5.91 Å². The first kappa shape index (κ1) is 24.5. The minimum atomic E-state index is -0.555. The fraction of sp³-hybridized carbons (Fsp3) is 0.609. The van der Waals surface area contributed by atoms with Crippen LogP contribution in [0.2, 0.25) is 0 Å². The van der Waals surface area contributed by atoms with Crippen LogP contribution in [0.5, 0.6) is 0 Å². The number of methoxy groups -OCH3 is 1. The highest BCUT2D eigenvalue weighted by atomic mass is 16.6. The molecular weight excluding hydrogens is 398 g/mol. The molecule has 1 aliphatic rings. The van der Waals surface area contributed by atoms with Gasteiger partial charge in [-0.15, -0.1) is 0 Å². The zero-order valence-electron chi connectivity index (χ0n) is 19.7. The van der Waals surface area contributed by atoms with Gasteiger partial charge in [-0.05, 0) is 44.4 Å². The molecule has 2 amide bonds. The van der Waals surface area contributed by atoms with Crippen molar-refractivity contribution < 1.29 is 23.9 Å². The zero-order chi connectivity index (χ0) is 23.4. The van der Waals surface area contributed by atoms with Gasteiger partial charge in [0.1, 0.15) is 11.6 Å². The summed E-state index contributed by atoms with van der Waals surface area (Å²) in [5.41, 5.74) is 0.273. The molecule has 0 radical (unpaired) electrons. The van der Waals surface area contributed by atoms with E-state index in [0.29, 0.717) is 37.4 Å². The quantitative estimate of drug-likeness (QED) is 0.733. The number of benzene rings is 1. The molecule has 1 aromatic rings. The summed E-state index contributed by atoms with van der Waals surface area (Å²) in [6, 6.07) is 6.53. The summed E-state index contributed by atoms with van der Waals surface area (Å²) in [7, 11) is 1.36. The number of hydrogen-bond acceptors (Lipinski definition) is 6. The highest BCUT2D eigenvalue weighted by molar-refractivity contribution is 5.95. The van der Waals surface area contributed by atoms with Gasteiger partial charge >= 0.3 is 12.1 Å². The van der Waals surface area contributed by atoms with Crippen molar-refractivity contribution in [3.8, 4) is 0 Å². The molecule has 1 heterocycles. The van der Waals surface area contributed by atoms with Gasteiger partial charge in [-0.2, -0.15) is 0 Å². The first-order valence-corrected chi connectivity index (χ1v) is 10.5. The van der Waals surface area contributed by atoms with Crippen molar-refractivity contribution in [2.75, 3.05) is 38.6 Å². The van der Waals surface area contributed by atoms with Gasteiger partial charge in [-0.1, -0.05) is 26.8 Å². The second-order valence-electron chi connectivity index (χ2n) is 9.81. The monoisotopic (exact) mass is 433 g/mol. The predicted octanol–water partition coefficient (Wildman–Crippen LogP) is 3.38. The van der Waals surface area contributed by atoms with Crippen molar-refractivity contribution in [3.05, 3.63) is 29.8 Å². The molecule has 1 saturated heterocycles. The van der Waals surface area contributed by atoms with Gasteiger partial charge in [-0.3, -0.25) is 4.79 Å². The summed E-state index contributed by atoms with van der Waals surface area (Å²) in [5.74, 6) is -0.472. The molecule has 0 unspecified atom stereocenters. The van der Waals surface area contributed by atoms with E-state index in [1.807, 2.05) is 47.6 Å². The maximum absolute atomic E-state index is 13.0. The van der Waals surface area contributed by atoms with E-state index in [1.165, 1.54) is 7.11 Å². The van der Waals surface area contributed by atoms with Crippen LogP contribution in [0.25, 0.3) is 0 Å². The van der Waals surface area contributed by atoms with Gasteiger partial charge in [0.05, 0.1) is 7.11 Å². The lowest BCUT2D eigenvalue weighted by Crippen LogP contribution is -2.51. The molecule has 1 fully saturated rings. The van der Waals surface area contributed by atoms with Crippen LogP contribution < -0.4 is 5.32 Å². The first-order chi connectivity index (χ1) is 14.3. The van der Waals surface area contributed by atoms with Crippen LogP contribution in [0, 0.1) is 5.41 Å². The van der Waals surface area contributed by atoms with E-state index < -0.39 is 11.6 Å². The molecule has 8 heteroatoms. The van der Waals surface area contributed by atoms with Gasteiger partial charge in [-0.25, -0.2) is 9.59 Å². The maximum atomic E-state index is 13.0. The molecule has 1 atom stereocenters. The summed E-state index contributed by atoms with van der Waals surface area (Å²) in [5, 5.41) is 3.20. The minimum Gasteiger partial charge on any atom is -0.467 e. The molecule has 0 spiro atoms. The fourth-order valence-electron chi connectivity index (χ4n) is 3.26. The van der Waals surface area contributed by atoms with Gasteiger partial charge in [0, 0.05) is 37.4 Å². The van der Waals surface area contributed by atoms with E-state index in [0.717, 1.165) is 0 Å². The Morgan fingerprint density at radius 3 is 2.06 bits per heavy atom. The third-order valence-electron chi connectivity index (χ3n) is 4.94. The summed E-state index contributed by atoms with van der Waals surface area (Å²) >= 11 is 0. The molecule has 8 nitrogen and oxygen atoms in total. The summed E-state index contributed by atoms with van der Waals surface area (Å²) in [6.07, 6.45) is -0.359. The number of ether oxygens (including phenoxy) is 2. The number of anilines is 1. The van der Waals surface area contributed by atoms with E-state index in [2.05, 4.69) is 5.32 Å². The third-order valence-corrected chi connectivity index (χ3v) is 4.94. The van der Waals surface area contributed by atoms with Crippen LogP contribution in [0.3, 0.4) is 0 Å². The number of nitrogens with zero attached hydrogens (tertiary/aromatic N) is 2. The van der Waals surface area contributed by atoms with Crippen molar-refractivity contribution in [2.24, 2.45) is 5.41 Å². The van der Waals surface area contributed by atoms with E-state index in [-0.39, 0.29) is 23.4 Å². The summed E-state index contributed by atoms with van der Waals surface area (Å²) in [6.45, 7) is 13.0. The number of esters is 1. The molecule has 172 valence electrons. The number of nitrogens with one attached hydrogen (secondary N) is 1. The topological polar surface area (TPSA) is 88.2 Å². The third kappa shape index (κ3) is 6.87. The highest BCUT2D eigenvalue weighted by Crippen LogP contribution is 2.25. The van der Waals surface area contributed by atoms with E-state index >= 15 is 0 Å². The van der Waals surface area contributed by atoms with E-state index in [9.17, 15) is 14.4 Å². The Bertz CT molecular complexity index is 802. The molecule has 0 saturated carbocycles. The minimum absolute atomic E-state index is 0.113. The average molecular weight is 434 g/mol. The fourth-order valence-corrected chi connectivity index (χ4v) is 3.26. The van der Waals surface area contributed by atoms with Crippen LogP contribution in [-0.4, -0.2) is 72.7 Å². The number of hydrogen-bond donors (Lipinski definition) is 1. The predicted molar refractivity (Wildman–Crippen MR) is 119 cm³/mol. The number of rotatable bonds is 4. The Morgan fingerprint density at radius 1 is 0.968 bits per heavy atom. The lowest BCUT2D eigenvalue weighted by molar-refractivity contribution is -0.143. The largest absolute Gasteiger partial charge is 0.467 e. The molecule has 1 aromatic carbocycles. The second kappa shape index (κ2) is 9.58. The molecule has 31 heavy (non-hydrogen) atoms. The number of amides is 2. The van der Waals surface area contributed by atoms with Crippen molar-refractivity contribution in [3.63, 3.8) is 0 Å². The molecule has 1 aliphatic heterocycles. The van der Waals surface area contributed by atoms with E-state index in [4.69, 9.17) is 9.47 Å². The standard InChI is InChI=1S/C23H35N3O5/c1-22(2,3)18(20(28)30-7)24-17-10-8-9-16(15-17)19(27)25-11-13-26(14-12-25)21(29)31-23(4,5)6/h8-10,15,18,24H,11-14H2,1-7H3/t18-/m1/s1. The van der Waals surface area contributed by atoms with Crippen LogP contribution in [-0.2, 0) is 14.3 Å². The number of piperazine rings is 1. The normalized spacial score (nSPS) is 15.8. The average Bonchev–Trinajstić information content (AvgIpc) is 2.69. The van der Waals surface area contributed by atoms with Crippen LogP contribution >= 0.6 is 0 Å². The SMILES string of the molecule is COC(=O)[C@@H](Nc1cccc(C(=O)N2CCN(C(=O)OC(C)(C)C)CC2)c1)C(C)(C)C. The Hall–Kier alpha value is -2.77. The van der Waals surface area contributed by atoms with Gasteiger partial charge < -0.3 is 24.6 Å². The Labute approximate surface area is 184 Å². The highest BCUT2D eigenvalue weighted by Gasteiger charge is 2.32. The summed E-state index contributed by atoms with van der Waals surface area (Å²) < 4.78 is 10.3. The van der Waals surface area contributed by atoms with Crippen molar-refractivity contribution in [1.29, 1.82) is 0 Å². The molecule has 2 rings (SSSR count). The smallest absolute Gasteiger partial charge is 0.410 e. The molecule has 0 bridgehead atoms. The number of carbonyl (C=O) groups is 3. The Morgan fingerprint density at radius 2 is 1.55 bits per heavy atom. The maximum Gasteiger partial charge on any atom is 0.410 e. The molecular formula is C23H35N3O5. The molecule has 1 N–H and O–H groups in total. The Balaban J connectivity index is 2.04. The van der Waals surface area contributed by atoms with Crippen LogP contribution in [0.1, 0.15) is 51.9 Å². The molecule has 0 aliphatic carbocycles. The van der Waals surface area contributed by atoms with Gasteiger partial charge in [0.15, 0.2) is 0 Å². The first-order valence-electron chi connectivity index (χ1n) is 10.5. The lowest BCUT2D eigenvalue weighted by Gasteiger charge is -2.35. The van der Waals surface area contributed by atoms with Gasteiger partial charge in [0.2, 0.25) is 0 Å². The van der Waals surface area contributed by atoms with Crippen molar-refractivity contribution in [1.82, 2.24) is 9.80 Å². The van der Waals surface area contributed by atoms with Crippen molar-refractivity contribution in [2.45, 2.75) is 53.2 Å². The lowest BCUT2D eigenvalue weighted by atomic mass is 9.86. The second-order valence-corrected chi connectivity index (χ2v) is 9.81. The van der Waals surface area contributed by atoms with Crippen LogP contribution in [0.4, 0.5) is 10.5 Å². The van der Waals surface area contributed by atoms with Crippen molar-refractivity contribution >= 4 is 23.7 Å². The number of carbonyl (C=O) groups excluding carboxylic acids is 3. The summed E-state index contributed by atoms with van der Waals surface area (Å²) in [4.78, 5) is 40.8. The Kier molecular flexibility index (Phi) is 7.57. The zero-order valence-corrected chi connectivity index (χ0v) is 19.7. The van der Waals surface area contributed by atoms with E-state index in [1.54, 1.807) is 28.0 Å². The van der Waals surface area contributed by atoms with Crippen LogP contribution in [0.15, 0.2) is 24.3 Å².